The molecule has 0 spiro atoms. The fraction of sp³-hybridized carbons (Fsp3) is 0.312. The maximum Gasteiger partial charge on any atom is 0.418 e. The number of ether oxygens (including phenoxy) is 1. The predicted molar refractivity (Wildman–Crippen MR) is 159 cm³/mol. The molecule has 49 heavy (non-hydrogen) atoms. The van der Waals surface area contributed by atoms with Gasteiger partial charge in [-0.2, -0.15) is 26.3 Å². The molecule has 260 valence electrons. The molecule has 1 amide bonds. The summed E-state index contributed by atoms with van der Waals surface area (Å²) >= 11 is 0. The molecule has 17 heteroatoms. The van der Waals surface area contributed by atoms with Gasteiger partial charge in [-0.25, -0.2) is 13.6 Å². The maximum absolute atomic E-state index is 15.1. The topological polar surface area (TPSA) is 114 Å². The van der Waals surface area contributed by atoms with Gasteiger partial charge < -0.3 is 24.6 Å². The number of carbonyl (C=O) groups is 2. The van der Waals surface area contributed by atoms with E-state index in [1.165, 1.54) is 30.5 Å². The van der Waals surface area contributed by atoms with Crippen molar-refractivity contribution in [1.82, 2.24) is 14.9 Å². The average Bonchev–Trinajstić information content (AvgIpc) is 3.02. The lowest BCUT2D eigenvalue weighted by atomic mass is 9.92. The van der Waals surface area contributed by atoms with Crippen LogP contribution in [0, 0.1) is 18.6 Å². The third kappa shape index (κ3) is 6.93. The molecule has 1 fully saturated rings. The minimum atomic E-state index is -4.79. The lowest BCUT2D eigenvalue weighted by Gasteiger charge is -2.38. The van der Waals surface area contributed by atoms with Crippen LogP contribution < -0.4 is 15.8 Å². The van der Waals surface area contributed by atoms with Crippen LogP contribution in [0.1, 0.15) is 27.0 Å². The van der Waals surface area contributed by atoms with Crippen LogP contribution in [0.5, 0.6) is 0 Å². The maximum atomic E-state index is 15.1. The number of aliphatic carboxylic acids is 1. The molecule has 2 N–H and O–H groups in total. The van der Waals surface area contributed by atoms with E-state index >= 15 is 8.78 Å². The minimum Gasteiger partial charge on any atom is -0.480 e. The molecular formula is C32H26F8N4O5. The molecule has 2 aromatic carbocycles. The first-order chi connectivity index (χ1) is 22.9. The van der Waals surface area contributed by atoms with Crippen molar-refractivity contribution >= 4 is 28.5 Å². The van der Waals surface area contributed by atoms with Crippen molar-refractivity contribution in [1.29, 1.82) is 0 Å². The molecular weight excluding hydrogens is 672 g/mol. The molecule has 1 aliphatic heterocycles. The van der Waals surface area contributed by atoms with Gasteiger partial charge in [0, 0.05) is 49.0 Å². The molecule has 5 rings (SSSR count). The molecule has 0 saturated carbocycles. The van der Waals surface area contributed by atoms with Gasteiger partial charge in [0.05, 0.1) is 29.9 Å². The second kappa shape index (κ2) is 13.1. The standard InChI is InChI=1S/C32H26F8N4O5/c1-15-20(31(35,36)37)13-43(2)29(46)25(15)19-6-5-16(18-4-3-7-41-27(18)19)10-23(30(47)48)42-28(45)26-21(33)11-17(12-22(26)34)44-8-9-49-14-24(44)32(38,39)40/h3-7,11-13,23-24H,8-10,14H2,1-2H3,(H,42,45)(H,47,48)/t23?,24-/m1/s1. The number of aryl methyl sites for hydroxylation is 1. The molecule has 4 aromatic rings. The Bertz CT molecular complexity index is 1990. The number of carboxylic acids is 1. The summed E-state index contributed by atoms with van der Waals surface area (Å²) in [6, 6.07) is 2.58. The molecule has 9 nitrogen and oxygen atoms in total. The van der Waals surface area contributed by atoms with Crippen LogP contribution in [0.4, 0.5) is 40.8 Å². The van der Waals surface area contributed by atoms with Gasteiger partial charge in [-0.1, -0.05) is 18.2 Å². The Morgan fingerprint density at radius 3 is 2.39 bits per heavy atom. The van der Waals surface area contributed by atoms with Gasteiger partial charge in [-0.3, -0.25) is 14.6 Å². The van der Waals surface area contributed by atoms with E-state index in [4.69, 9.17) is 4.74 Å². The minimum absolute atomic E-state index is 0.0247. The Morgan fingerprint density at radius 2 is 1.78 bits per heavy atom. The van der Waals surface area contributed by atoms with Gasteiger partial charge in [0.15, 0.2) is 0 Å². The highest BCUT2D eigenvalue weighted by Crippen LogP contribution is 2.37. The van der Waals surface area contributed by atoms with Crippen LogP contribution >= 0.6 is 0 Å². The third-order valence-corrected chi connectivity index (χ3v) is 8.19. The lowest BCUT2D eigenvalue weighted by Crippen LogP contribution is -2.53. The van der Waals surface area contributed by atoms with E-state index in [1.54, 1.807) is 0 Å². The zero-order valence-corrected chi connectivity index (χ0v) is 25.5. The van der Waals surface area contributed by atoms with Crippen molar-refractivity contribution in [3.63, 3.8) is 0 Å². The summed E-state index contributed by atoms with van der Waals surface area (Å²) < 4.78 is 118. The number of halogens is 8. The fourth-order valence-electron chi connectivity index (χ4n) is 5.81. The number of carbonyl (C=O) groups excluding carboxylic acids is 1. The Kier molecular flexibility index (Phi) is 9.42. The highest BCUT2D eigenvalue weighted by molar-refractivity contribution is 5.99. The van der Waals surface area contributed by atoms with Crippen molar-refractivity contribution in [2.45, 2.75) is 37.8 Å². The molecule has 0 aliphatic carbocycles. The Balaban J connectivity index is 1.48. The highest BCUT2D eigenvalue weighted by atomic mass is 19.4. The van der Waals surface area contributed by atoms with E-state index in [1.807, 2.05) is 5.32 Å². The number of nitrogens with one attached hydrogen (secondary N) is 1. The molecule has 1 saturated heterocycles. The molecule has 2 aromatic heterocycles. The molecule has 0 bridgehead atoms. The largest absolute Gasteiger partial charge is 0.480 e. The number of fused-ring (bicyclic) bond motifs is 1. The van der Waals surface area contributed by atoms with Crippen molar-refractivity contribution in [3.8, 4) is 11.1 Å². The number of benzene rings is 2. The number of nitrogens with zero attached hydrogens (tertiary/aromatic N) is 3. The number of rotatable bonds is 7. The van der Waals surface area contributed by atoms with Crippen LogP contribution in [0.15, 0.2) is 53.6 Å². The van der Waals surface area contributed by atoms with Gasteiger partial charge in [-0.05, 0) is 36.2 Å². The van der Waals surface area contributed by atoms with E-state index in [-0.39, 0.29) is 46.3 Å². The number of amides is 1. The molecule has 2 atom stereocenters. The van der Waals surface area contributed by atoms with E-state index < -0.39 is 83.3 Å². The van der Waals surface area contributed by atoms with E-state index in [9.17, 15) is 45.8 Å². The predicted octanol–water partition coefficient (Wildman–Crippen LogP) is 5.40. The zero-order valence-electron chi connectivity index (χ0n) is 25.5. The first-order valence-electron chi connectivity index (χ1n) is 14.5. The van der Waals surface area contributed by atoms with Crippen molar-refractivity contribution in [2.24, 2.45) is 7.05 Å². The fourth-order valence-corrected chi connectivity index (χ4v) is 5.81. The number of aromatic nitrogens is 2. The van der Waals surface area contributed by atoms with Gasteiger partial charge in [-0.15, -0.1) is 0 Å². The summed E-state index contributed by atoms with van der Waals surface area (Å²) in [5.41, 5.74) is -3.92. The SMILES string of the molecule is Cc1c(C(F)(F)F)cn(C)c(=O)c1-c1ccc(CC(NC(=O)c2c(F)cc(N3CCOC[C@@H]3C(F)(F)F)cc2F)C(=O)O)c2cccnc12. The Morgan fingerprint density at radius 1 is 1.10 bits per heavy atom. The van der Waals surface area contributed by atoms with Crippen LogP contribution in [0.2, 0.25) is 0 Å². The number of anilines is 1. The second-order valence-corrected chi connectivity index (χ2v) is 11.3. The zero-order chi connectivity index (χ0) is 36.0. The molecule has 3 heterocycles. The lowest BCUT2D eigenvalue weighted by molar-refractivity contribution is -0.167. The first kappa shape index (κ1) is 35.3. The quantitative estimate of drug-likeness (QED) is 0.249. The van der Waals surface area contributed by atoms with E-state index in [0.717, 1.165) is 18.5 Å². The summed E-state index contributed by atoms with van der Waals surface area (Å²) in [5, 5.41) is 12.1. The second-order valence-electron chi connectivity index (χ2n) is 11.3. The number of pyridine rings is 2. The van der Waals surface area contributed by atoms with E-state index in [0.29, 0.717) is 23.2 Å². The summed E-state index contributed by atoms with van der Waals surface area (Å²) in [6.07, 6.45) is -8.11. The average molecular weight is 699 g/mol. The smallest absolute Gasteiger partial charge is 0.418 e. The van der Waals surface area contributed by atoms with Crippen molar-refractivity contribution < 1.29 is 54.6 Å². The van der Waals surface area contributed by atoms with Gasteiger partial charge >= 0.3 is 18.3 Å². The van der Waals surface area contributed by atoms with Crippen molar-refractivity contribution in [3.05, 3.63) is 93.0 Å². The Hall–Kier alpha value is -5.06. The molecule has 1 aliphatic rings. The highest BCUT2D eigenvalue weighted by Gasteiger charge is 2.46. The third-order valence-electron chi connectivity index (χ3n) is 8.19. The van der Waals surface area contributed by atoms with Crippen LogP contribution in [0.25, 0.3) is 22.0 Å². The summed E-state index contributed by atoms with van der Waals surface area (Å²) in [5.74, 6) is -6.22. The van der Waals surface area contributed by atoms with Gasteiger partial charge in [0.1, 0.15) is 29.3 Å². The van der Waals surface area contributed by atoms with Crippen molar-refractivity contribution in [2.75, 3.05) is 24.7 Å². The van der Waals surface area contributed by atoms with E-state index in [2.05, 4.69) is 4.98 Å². The van der Waals surface area contributed by atoms with Crippen LogP contribution in [-0.2, 0) is 29.2 Å². The Labute approximate surface area is 271 Å². The number of hydrogen-bond donors (Lipinski definition) is 2. The normalized spacial score (nSPS) is 16.1. The number of alkyl halides is 6. The summed E-state index contributed by atoms with van der Waals surface area (Å²) in [6.45, 7) is -0.145. The van der Waals surface area contributed by atoms with Gasteiger partial charge in [0.25, 0.3) is 11.5 Å². The van der Waals surface area contributed by atoms with Crippen LogP contribution in [-0.4, -0.2) is 64.6 Å². The number of hydrogen-bond acceptors (Lipinski definition) is 6. The first-order valence-corrected chi connectivity index (χ1v) is 14.5. The summed E-state index contributed by atoms with van der Waals surface area (Å²) in [7, 11) is 1.16. The monoisotopic (exact) mass is 698 g/mol. The summed E-state index contributed by atoms with van der Waals surface area (Å²) in [4.78, 5) is 43.2. The molecule has 0 radical (unpaired) electrons. The molecule has 1 unspecified atom stereocenters. The van der Waals surface area contributed by atoms with Gasteiger partial charge in [0.2, 0.25) is 0 Å². The number of carboxylic acid groups (broad SMARTS) is 1. The van der Waals surface area contributed by atoms with Crippen LogP contribution in [0.3, 0.4) is 0 Å². The number of morpholine rings is 1.